The van der Waals surface area contributed by atoms with Crippen LogP contribution in [-0.2, 0) is 16.6 Å². The van der Waals surface area contributed by atoms with Crippen molar-refractivity contribution in [3.8, 4) is 11.3 Å². The molecule has 1 aliphatic heterocycles. The van der Waals surface area contributed by atoms with Gasteiger partial charge in [0.15, 0.2) is 10.8 Å². The number of hydrogen-bond acceptors (Lipinski definition) is 7. The Bertz CT molecular complexity index is 1760. The van der Waals surface area contributed by atoms with Gasteiger partial charge in [0.2, 0.25) is 5.91 Å². The average molecular weight is 600 g/mol. The molecule has 0 bridgehead atoms. The lowest BCUT2D eigenvalue weighted by molar-refractivity contribution is -0.132. The topological polar surface area (TPSA) is 108 Å². The Labute approximate surface area is 254 Å². The number of amides is 3. The molecule has 10 nitrogen and oxygen atoms in total. The highest BCUT2D eigenvalue weighted by Gasteiger charge is 2.21. The molecule has 11 heteroatoms. The van der Waals surface area contributed by atoms with E-state index in [4.69, 9.17) is 9.51 Å². The summed E-state index contributed by atoms with van der Waals surface area (Å²) in [5, 5.41) is 9.47. The number of thiazole rings is 1. The smallest absolute Gasteiger partial charge is 0.324 e. The van der Waals surface area contributed by atoms with Crippen LogP contribution in [0.5, 0.6) is 0 Å². The van der Waals surface area contributed by atoms with Gasteiger partial charge in [-0.3, -0.25) is 14.5 Å². The number of benzene rings is 2. The molecule has 6 rings (SSSR count). The molecule has 1 saturated heterocycles. The van der Waals surface area contributed by atoms with E-state index in [2.05, 4.69) is 50.2 Å². The van der Waals surface area contributed by atoms with Gasteiger partial charge in [0.05, 0.1) is 15.9 Å². The molecule has 4 heterocycles. The summed E-state index contributed by atoms with van der Waals surface area (Å²) in [6.45, 7) is 12.8. The van der Waals surface area contributed by atoms with Gasteiger partial charge in [-0.15, -0.1) is 0 Å². The van der Waals surface area contributed by atoms with E-state index in [9.17, 15) is 9.59 Å². The number of imidazole rings is 1. The zero-order chi connectivity index (χ0) is 30.1. The van der Waals surface area contributed by atoms with E-state index >= 15 is 0 Å². The van der Waals surface area contributed by atoms with E-state index in [1.54, 1.807) is 17.4 Å². The summed E-state index contributed by atoms with van der Waals surface area (Å²) >= 11 is 1.64. The maximum absolute atomic E-state index is 12.8. The van der Waals surface area contributed by atoms with Crippen LogP contribution >= 0.6 is 11.3 Å². The third-order valence-electron chi connectivity index (χ3n) is 7.89. The highest BCUT2D eigenvalue weighted by molar-refractivity contribution is 7.23. The van der Waals surface area contributed by atoms with Crippen LogP contribution in [0.2, 0.25) is 0 Å². The van der Waals surface area contributed by atoms with Crippen LogP contribution in [0.1, 0.15) is 45.4 Å². The van der Waals surface area contributed by atoms with Gasteiger partial charge in [-0.1, -0.05) is 62.4 Å². The summed E-state index contributed by atoms with van der Waals surface area (Å²) in [7, 11) is 0. The summed E-state index contributed by atoms with van der Waals surface area (Å²) in [5.41, 5.74) is 4.51. The fraction of sp³-hybridized carbons (Fsp3) is 0.375. The number of piperazine rings is 1. The fourth-order valence-electron chi connectivity index (χ4n) is 5.25. The third kappa shape index (κ3) is 6.42. The van der Waals surface area contributed by atoms with E-state index in [0.29, 0.717) is 23.7 Å². The average Bonchev–Trinajstić information content (AvgIpc) is 3.71. The second-order valence-corrected chi connectivity index (χ2v) is 13.0. The number of urea groups is 1. The van der Waals surface area contributed by atoms with E-state index in [1.165, 1.54) is 0 Å². The Balaban J connectivity index is 1.09. The van der Waals surface area contributed by atoms with Crippen LogP contribution in [-0.4, -0.2) is 69.0 Å². The number of carbonyl (C=O) groups is 2. The Morgan fingerprint density at radius 2 is 1.77 bits per heavy atom. The van der Waals surface area contributed by atoms with Crippen molar-refractivity contribution < 1.29 is 14.1 Å². The summed E-state index contributed by atoms with van der Waals surface area (Å²) in [5.74, 6) is 1.30. The maximum Gasteiger partial charge on any atom is 0.324 e. The summed E-state index contributed by atoms with van der Waals surface area (Å²) in [4.78, 5) is 35.5. The third-order valence-corrected chi connectivity index (χ3v) is 8.92. The van der Waals surface area contributed by atoms with Crippen molar-refractivity contribution in [2.24, 2.45) is 0 Å². The van der Waals surface area contributed by atoms with Crippen LogP contribution in [0.3, 0.4) is 0 Å². The number of carbonyl (C=O) groups excluding carboxylic acids is 2. The molecular weight excluding hydrogens is 562 g/mol. The molecule has 0 unspecified atom stereocenters. The van der Waals surface area contributed by atoms with Gasteiger partial charge in [-0.05, 0) is 42.8 Å². The standard InChI is InChI=1S/C32H37N7O3S/c1-5-37-14-16-38(17-15-37)29(40)13-7-21-6-12-26-25(18-21)39-20-24(34-31(39)43-26)22-8-10-23(11-9-22)33-30(41)35-28-19-27(42-36-28)32(2,3)4/h6,8-12,18-20H,5,7,13-17H2,1-4H3,(H2,33,35,36,41). The van der Waals surface area contributed by atoms with Crippen molar-refractivity contribution in [3.63, 3.8) is 0 Å². The number of nitrogens with zero attached hydrogens (tertiary/aromatic N) is 5. The molecule has 3 aromatic heterocycles. The zero-order valence-electron chi connectivity index (χ0n) is 25.0. The second kappa shape index (κ2) is 11.8. The van der Waals surface area contributed by atoms with E-state index in [1.807, 2.05) is 56.1 Å². The van der Waals surface area contributed by atoms with Gasteiger partial charge < -0.3 is 19.6 Å². The minimum atomic E-state index is -0.396. The van der Waals surface area contributed by atoms with Crippen LogP contribution in [0.25, 0.3) is 26.4 Å². The minimum Gasteiger partial charge on any atom is -0.359 e. The van der Waals surface area contributed by atoms with Crippen LogP contribution < -0.4 is 10.6 Å². The molecule has 0 atom stereocenters. The van der Waals surface area contributed by atoms with Crippen molar-refractivity contribution in [2.75, 3.05) is 43.4 Å². The predicted octanol–water partition coefficient (Wildman–Crippen LogP) is 6.24. The SMILES string of the molecule is CCN1CCN(C(=O)CCc2ccc3sc4nc(-c5ccc(NC(=O)Nc6cc(C(C)(C)C)on6)cc5)cn4c3c2)CC1. The lowest BCUT2D eigenvalue weighted by Crippen LogP contribution is -2.48. The van der Waals surface area contributed by atoms with Gasteiger partial charge in [0.25, 0.3) is 0 Å². The Morgan fingerprint density at radius 1 is 1.00 bits per heavy atom. The molecule has 2 N–H and O–H groups in total. The first-order valence-corrected chi connectivity index (χ1v) is 15.5. The summed E-state index contributed by atoms with van der Waals surface area (Å²) < 4.78 is 8.61. The fourth-order valence-corrected chi connectivity index (χ4v) is 6.24. The quantitative estimate of drug-likeness (QED) is 0.229. The first-order valence-electron chi connectivity index (χ1n) is 14.7. The van der Waals surface area contributed by atoms with Crippen molar-refractivity contribution in [1.29, 1.82) is 0 Å². The van der Waals surface area contributed by atoms with E-state index in [0.717, 1.165) is 71.1 Å². The second-order valence-electron chi connectivity index (χ2n) is 12.0. The number of likely N-dealkylation sites (N-methyl/N-ethyl adjacent to an activating group) is 1. The normalized spacial score (nSPS) is 14.5. The number of nitrogens with one attached hydrogen (secondary N) is 2. The number of hydrogen-bond donors (Lipinski definition) is 2. The molecule has 0 aliphatic carbocycles. The molecule has 1 aliphatic rings. The van der Waals surface area contributed by atoms with Crippen molar-refractivity contribution in [2.45, 2.75) is 46.0 Å². The van der Waals surface area contributed by atoms with Gasteiger partial charge in [-0.2, -0.15) is 0 Å². The first kappa shape index (κ1) is 28.9. The molecule has 0 spiro atoms. The molecule has 0 saturated carbocycles. The zero-order valence-corrected chi connectivity index (χ0v) is 25.8. The molecule has 1 fully saturated rings. The van der Waals surface area contributed by atoms with Crippen LogP contribution in [0.4, 0.5) is 16.3 Å². The molecule has 5 aromatic rings. The number of aryl methyl sites for hydroxylation is 1. The highest BCUT2D eigenvalue weighted by atomic mass is 32.1. The highest BCUT2D eigenvalue weighted by Crippen LogP contribution is 2.31. The summed E-state index contributed by atoms with van der Waals surface area (Å²) in [6, 6.07) is 15.3. The van der Waals surface area contributed by atoms with Crippen molar-refractivity contribution in [3.05, 3.63) is 66.1 Å². The molecule has 0 radical (unpaired) electrons. The minimum absolute atomic E-state index is 0.194. The van der Waals surface area contributed by atoms with E-state index < -0.39 is 6.03 Å². The Morgan fingerprint density at radius 3 is 2.47 bits per heavy atom. The molecule has 2 aromatic carbocycles. The molecular formula is C32H37N7O3S. The van der Waals surface area contributed by atoms with E-state index in [-0.39, 0.29) is 11.3 Å². The monoisotopic (exact) mass is 599 g/mol. The predicted molar refractivity (Wildman–Crippen MR) is 171 cm³/mol. The van der Waals surface area contributed by atoms with Crippen molar-refractivity contribution in [1.82, 2.24) is 24.3 Å². The number of anilines is 2. The Kier molecular flexibility index (Phi) is 7.93. The largest absolute Gasteiger partial charge is 0.359 e. The summed E-state index contributed by atoms with van der Waals surface area (Å²) in [6.07, 6.45) is 3.29. The van der Waals surface area contributed by atoms with Gasteiger partial charge in [0.1, 0.15) is 5.76 Å². The van der Waals surface area contributed by atoms with Crippen LogP contribution in [0.15, 0.2) is 59.3 Å². The molecule has 224 valence electrons. The van der Waals surface area contributed by atoms with Gasteiger partial charge in [0, 0.05) is 61.5 Å². The van der Waals surface area contributed by atoms with Crippen molar-refractivity contribution >= 4 is 50.0 Å². The number of rotatable bonds is 7. The van der Waals surface area contributed by atoms with Gasteiger partial charge >= 0.3 is 6.03 Å². The van der Waals surface area contributed by atoms with Gasteiger partial charge in [-0.25, -0.2) is 9.78 Å². The van der Waals surface area contributed by atoms with Crippen LogP contribution in [0, 0.1) is 0 Å². The number of aromatic nitrogens is 3. The lowest BCUT2D eigenvalue weighted by Gasteiger charge is -2.34. The maximum atomic E-state index is 12.8. The molecule has 43 heavy (non-hydrogen) atoms. The number of fused-ring (bicyclic) bond motifs is 3. The Hall–Kier alpha value is -4.22. The lowest BCUT2D eigenvalue weighted by atomic mass is 9.93. The first-order chi connectivity index (χ1) is 20.7. The molecule has 3 amide bonds.